The number of rotatable bonds is 4. The number of esters is 1. The van der Waals surface area contributed by atoms with Gasteiger partial charge in [0.05, 0.1) is 5.56 Å². The number of nitrogens with one attached hydrogen (secondary N) is 1. The molecule has 2 aromatic heterocycles. The summed E-state index contributed by atoms with van der Waals surface area (Å²) in [5.74, 6) is -1.43. The minimum atomic E-state index is -0.880. The summed E-state index contributed by atoms with van der Waals surface area (Å²) in [5, 5.41) is 23.8. The first-order chi connectivity index (χ1) is 11.6. The number of aromatic nitrogens is 1. The van der Waals surface area contributed by atoms with Gasteiger partial charge in [-0.3, -0.25) is 4.79 Å². The lowest BCUT2D eigenvalue weighted by Crippen LogP contribution is -2.35. The summed E-state index contributed by atoms with van der Waals surface area (Å²) >= 11 is 1.39. The third-order valence-corrected chi connectivity index (χ3v) is 4.86. The first-order valence-corrected chi connectivity index (χ1v) is 8.11. The number of hydrogen-bond acceptors (Lipinski definition) is 6. The van der Waals surface area contributed by atoms with Crippen molar-refractivity contribution in [3.8, 4) is 6.07 Å². The van der Waals surface area contributed by atoms with E-state index in [4.69, 9.17) is 4.74 Å². The average molecular weight is 343 g/mol. The maximum atomic E-state index is 12.0. The fourth-order valence-electron chi connectivity index (χ4n) is 2.56. The van der Waals surface area contributed by atoms with Gasteiger partial charge in [0.15, 0.2) is 12.8 Å². The van der Waals surface area contributed by atoms with E-state index in [2.05, 4.69) is 11.4 Å². The summed E-state index contributed by atoms with van der Waals surface area (Å²) in [5.41, 5.74) is 1.30. The van der Waals surface area contributed by atoms with Gasteiger partial charge in [-0.25, -0.2) is 4.79 Å². The highest BCUT2D eigenvalue weighted by molar-refractivity contribution is 7.16. The van der Waals surface area contributed by atoms with Gasteiger partial charge in [-0.1, -0.05) is 0 Å². The molecular formula is C16H13N3O4S. The Labute approximate surface area is 141 Å². The molecule has 1 aliphatic rings. The van der Waals surface area contributed by atoms with Gasteiger partial charge in [-0.05, 0) is 30.9 Å². The van der Waals surface area contributed by atoms with E-state index in [-0.39, 0.29) is 5.69 Å². The van der Waals surface area contributed by atoms with Gasteiger partial charge < -0.3 is 15.3 Å². The van der Waals surface area contributed by atoms with Crippen LogP contribution in [0.4, 0.5) is 5.00 Å². The predicted octanol–water partition coefficient (Wildman–Crippen LogP) is 1.54. The lowest BCUT2D eigenvalue weighted by Gasteiger charge is -2.06. The molecule has 1 aliphatic carbocycles. The predicted molar refractivity (Wildman–Crippen MR) is 85.4 cm³/mol. The van der Waals surface area contributed by atoms with Gasteiger partial charge in [-0.2, -0.15) is 9.99 Å². The number of nitriles is 1. The highest BCUT2D eigenvalue weighted by atomic mass is 32.1. The van der Waals surface area contributed by atoms with Crippen molar-refractivity contribution in [2.75, 3.05) is 11.9 Å². The molecule has 122 valence electrons. The topological polar surface area (TPSA) is 106 Å². The summed E-state index contributed by atoms with van der Waals surface area (Å²) in [6, 6.07) is 6.44. The third kappa shape index (κ3) is 3.07. The number of carbonyl (C=O) groups excluding carboxylic acids is 2. The fourth-order valence-corrected chi connectivity index (χ4v) is 3.82. The molecular weight excluding hydrogens is 330 g/mol. The summed E-state index contributed by atoms with van der Waals surface area (Å²) in [7, 11) is 0. The quantitative estimate of drug-likeness (QED) is 0.515. The minimum absolute atomic E-state index is 0.196. The molecule has 1 amide bonds. The van der Waals surface area contributed by atoms with Crippen LogP contribution in [0.3, 0.4) is 0 Å². The zero-order valence-electron chi connectivity index (χ0n) is 12.6. The molecule has 0 saturated carbocycles. The van der Waals surface area contributed by atoms with Crippen molar-refractivity contribution >= 4 is 28.2 Å². The molecule has 3 rings (SSSR count). The number of nitrogens with zero attached hydrogens (tertiary/aromatic N) is 2. The lowest BCUT2D eigenvalue weighted by molar-refractivity contribution is -0.608. The maximum absolute atomic E-state index is 12.0. The molecule has 0 radical (unpaired) electrons. The van der Waals surface area contributed by atoms with Crippen molar-refractivity contribution in [1.29, 1.82) is 5.26 Å². The van der Waals surface area contributed by atoms with Crippen LogP contribution in [0.1, 0.15) is 32.9 Å². The molecule has 0 bridgehead atoms. The number of anilines is 1. The number of carbonyl (C=O) groups is 2. The number of hydrogen-bond donors (Lipinski definition) is 1. The second-order valence-corrected chi connectivity index (χ2v) is 6.31. The van der Waals surface area contributed by atoms with E-state index in [1.54, 1.807) is 0 Å². The first-order valence-electron chi connectivity index (χ1n) is 7.30. The molecule has 2 aromatic rings. The van der Waals surface area contributed by atoms with Crippen molar-refractivity contribution in [3.63, 3.8) is 0 Å². The highest BCUT2D eigenvalue weighted by Crippen LogP contribution is 2.38. The Morgan fingerprint density at radius 1 is 1.42 bits per heavy atom. The third-order valence-electron chi connectivity index (χ3n) is 3.65. The number of thiophene rings is 1. The van der Waals surface area contributed by atoms with Gasteiger partial charge >= 0.3 is 11.7 Å². The van der Waals surface area contributed by atoms with Crippen molar-refractivity contribution in [2.45, 2.75) is 19.3 Å². The van der Waals surface area contributed by atoms with Crippen LogP contribution in [0.5, 0.6) is 0 Å². The second-order valence-electron chi connectivity index (χ2n) is 5.21. The maximum Gasteiger partial charge on any atom is 0.405 e. The molecule has 0 aromatic carbocycles. The van der Waals surface area contributed by atoms with E-state index < -0.39 is 18.5 Å². The standard InChI is InChI=1S/C16H13N3O4S/c17-8-11-10-4-3-6-13(10)24-15(11)18-14(20)9-23-16(21)12-5-1-2-7-19(12)22/h1-2,5,7H,3-4,6,9H2,(H,18,20). The van der Waals surface area contributed by atoms with Gasteiger partial charge in [0.25, 0.3) is 5.91 Å². The number of ether oxygens (including phenoxy) is 1. The van der Waals surface area contributed by atoms with Crippen LogP contribution in [0.2, 0.25) is 0 Å². The zero-order chi connectivity index (χ0) is 17.1. The van der Waals surface area contributed by atoms with Crippen LogP contribution < -0.4 is 10.0 Å². The highest BCUT2D eigenvalue weighted by Gasteiger charge is 2.24. The summed E-state index contributed by atoms with van der Waals surface area (Å²) in [4.78, 5) is 24.9. The Hall–Kier alpha value is -2.92. The van der Waals surface area contributed by atoms with Gasteiger partial charge in [0, 0.05) is 17.0 Å². The van der Waals surface area contributed by atoms with Crippen LogP contribution in [-0.2, 0) is 22.4 Å². The molecule has 0 atom stereocenters. The van der Waals surface area contributed by atoms with E-state index in [0.29, 0.717) is 15.3 Å². The Bertz CT molecular complexity index is 853. The molecule has 8 heteroatoms. The molecule has 0 unspecified atom stereocenters. The van der Waals surface area contributed by atoms with E-state index >= 15 is 0 Å². The lowest BCUT2D eigenvalue weighted by atomic mass is 10.1. The summed E-state index contributed by atoms with van der Waals surface area (Å²) in [6.45, 7) is -0.527. The SMILES string of the molecule is N#Cc1c(NC(=O)COC(=O)c2cccc[n+]2[O-])sc2c1CCC2. The normalized spacial score (nSPS) is 12.3. The van der Waals surface area contributed by atoms with Crippen molar-refractivity contribution in [3.05, 3.63) is 51.3 Å². The Morgan fingerprint density at radius 3 is 3.00 bits per heavy atom. The molecule has 1 N–H and O–H groups in total. The molecule has 0 spiro atoms. The molecule has 2 heterocycles. The number of amides is 1. The summed E-state index contributed by atoms with van der Waals surface area (Å²) in [6.07, 6.45) is 3.95. The van der Waals surface area contributed by atoms with E-state index in [9.17, 15) is 20.1 Å². The van der Waals surface area contributed by atoms with Crippen LogP contribution in [0, 0.1) is 16.5 Å². The smallest absolute Gasteiger partial charge is 0.405 e. The fraction of sp³-hybridized carbons (Fsp3) is 0.250. The number of aryl methyl sites for hydroxylation is 1. The zero-order valence-corrected chi connectivity index (χ0v) is 13.4. The van der Waals surface area contributed by atoms with Gasteiger partial charge in [-0.15, -0.1) is 11.3 Å². The minimum Gasteiger partial charge on any atom is -0.618 e. The largest absolute Gasteiger partial charge is 0.618 e. The molecule has 0 fully saturated rings. The van der Waals surface area contributed by atoms with Crippen LogP contribution in [-0.4, -0.2) is 18.5 Å². The number of pyridine rings is 1. The van der Waals surface area contributed by atoms with E-state index in [0.717, 1.165) is 29.7 Å². The van der Waals surface area contributed by atoms with E-state index in [1.165, 1.54) is 35.7 Å². The number of fused-ring (bicyclic) bond motifs is 1. The van der Waals surface area contributed by atoms with Crippen molar-refractivity contribution in [2.24, 2.45) is 0 Å². The Morgan fingerprint density at radius 2 is 2.25 bits per heavy atom. The Kier molecular flexibility index (Phi) is 4.44. The van der Waals surface area contributed by atoms with Crippen LogP contribution in [0.15, 0.2) is 24.4 Å². The average Bonchev–Trinajstić information content (AvgIpc) is 3.13. The molecule has 0 aliphatic heterocycles. The molecule has 0 saturated heterocycles. The second kappa shape index (κ2) is 6.68. The van der Waals surface area contributed by atoms with Crippen molar-refractivity contribution in [1.82, 2.24) is 0 Å². The monoisotopic (exact) mass is 343 g/mol. The van der Waals surface area contributed by atoms with Gasteiger partial charge in [0.2, 0.25) is 0 Å². The summed E-state index contributed by atoms with van der Waals surface area (Å²) < 4.78 is 5.22. The van der Waals surface area contributed by atoms with Crippen LogP contribution in [0.25, 0.3) is 0 Å². The Balaban J connectivity index is 1.62. The van der Waals surface area contributed by atoms with Gasteiger partial charge in [0.1, 0.15) is 11.1 Å². The van der Waals surface area contributed by atoms with Crippen molar-refractivity contribution < 1.29 is 19.1 Å². The van der Waals surface area contributed by atoms with Crippen LogP contribution >= 0.6 is 11.3 Å². The van der Waals surface area contributed by atoms with E-state index in [1.807, 2.05) is 0 Å². The molecule has 7 nitrogen and oxygen atoms in total. The first kappa shape index (κ1) is 16.0. The molecule has 24 heavy (non-hydrogen) atoms.